The van der Waals surface area contributed by atoms with Gasteiger partial charge in [0.1, 0.15) is 12.1 Å². The van der Waals surface area contributed by atoms with Crippen molar-refractivity contribution < 1.29 is 0 Å². The molecule has 3 heteroatoms. The minimum absolute atomic E-state index is 0.241. The van der Waals surface area contributed by atoms with E-state index in [9.17, 15) is 0 Å². The first kappa shape index (κ1) is 11.6. The van der Waals surface area contributed by atoms with E-state index in [1.807, 2.05) is 13.0 Å². The van der Waals surface area contributed by atoms with Crippen molar-refractivity contribution >= 4 is 5.82 Å². The first-order chi connectivity index (χ1) is 8.16. The third-order valence-corrected chi connectivity index (χ3v) is 2.82. The minimum atomic E-state index is 0.241. The number of benzene rings is 1. The summed E-state index contributed by atoms with van der Waals surface area (Å²) in [5.41, 5.74) is 3.56. The van der Waals surface area contributed by atoms with Gasteiger partial charge >= 0.3 is 0 Å². The lowest BCUT2D eigenvalue weighted by atomic mass is 10.0. The third kappa shape index (κ3) is 2.81. The van der Waals surface area contributed by atoms with Crippen LogP contribution in [0.5, 0.6) is 0 Å². The monoisotopic (exact) mass is 227 g/mol. The SMILES string of the molecule is Cc1cc(NC(C)c2ccccc2C)ncn1. The summed E-state index contributed by atoms with van der Waals surface area (Å²) in [6, 6.07) is 10.6. The highest BCUT2D eigenvalue weighted by molar-refractivity contribution is 5.40. The van der Waals surface area contributed by atoms with Crippen LogP contribution in [0.25, 0.3) is 0 Å². The maximum Gasteiger partial charge on any atom is 0.130 e. The highest BCUT2D eigenvalue weighted by Gasteiger charge is 2.08. The van der Waals surface area contributed by atoms with Crippen LogP contribution in [-0.4, -0.2) is 9.97 Å². The van der Waals surface area contributed by atoms with Crippen molar-refractivity contribution in [2.75, 3.05) is 5.32 Å². The first-order valence-corrected chi connectivity index (χ1v) is 5.77. The second-order valence-electron chi connectivity index (χ2n) is 4.27. The summed E-state index contributed by atoms with van der Waals surface area (Å²) >= 11 is 0. The zero-order valence-electron chi connectivity index (χ0n) is 10.4. The van der Waals surface area contributed by atoms with Crippen LogP contribution < -0.4 is 5.32 Å². The number of nitrogens with zero attached hydrogens (tertiary/aromatic N) is 2. The number of rotatable bonds is 3. The highest BCUT2D eigenvalue weighted by Crippen LogP contribution is 2.20. The fourth-order valence-electron chi connectivity index (χ4n) is 1.91. The maximum absolute atomic E-state index is 4.21. The molecule has 2 aromatic rings. The van der Waals surface area contributed by atoms with Gasteiger partial charge < -0.3 is 5.32 Å². The molecule has 1 aromatic carbocycles. The molecule has 1 N–H and O–H groups in total. The Morgan fingerprint density at radius 1 is 1.12 bits per heavy atom. The highest BCUT2D eigenvalue weighted by atomic mass is 15.0. The molecule has 1 heterocycles. The Labute approximate surface area is 102 Å². The topological polar surface area (TPSA) is 37.8 Å². The molecule has 1 unspecified atom stereocenters. The zero-order chi connectivity index (χ0) is 12.3. The van der Waals surface area contributed by atoms with Crippen LogP contribution in [0.2, 0.25) is 0 Å². The lowest BCUT2D eigenvalue weighted by molar-refractivity contribution is 0.861. The van der Waals surface area contributed by atoms with E-state index in [2.05, 4.69) is 53.4 Å². The Balaban J connectivity index is 2.17. The van der Waals surface area contributed by atoms with Crippen LogP contribution in [0.1, 0.15) is 29.8 Å². The summed E-state index contributed by atoms with van der Waals surface area (Å²) in [7, 11) is 0. The fourth-order valence-corrected chi connectivity index (χ4v) is 1.91. The Kier molecular flexibility index (Phi) is 3.38. The molecule has 2 rings (SSSR count). The normalized spacial score (nSPS) is 12.2. The van der Waals surface area contributed by atoms with E-state index in [4.69, 9.17) is 0 Å². The van der Waals surface area contributed by atoms with Gasteiger partial charge in [-0.2, -0.15) is 0 Å². The molecule has 0 fully saturated rings. The molecule has 88 valence electrons. The van der Waals surface area contributed by atoms with Crippen molar-refractivity contribution in [3.8, 4) is 0 Å². The zero-order valence-corrected chi connectivity index (χ0v) is 10.4. The van der Waals surface area contributed by atoms with Gasteiger partial charge in [-0.15, -0.1) is 0 Å². The molecule has 0 bridgehead atoms. The molecule has 0 spiro atoms. The van der Waals surface area contributed by atoms with Crippen molar-refractivity contribution in [1.82, 2.24) is 9.97 Å². The van der Waals surface area contributed by atoms with Gasteiger partial charge in [0.15, 0.2) is 0 Å². The van der Waals surface area contributed by atoms with Crippen LogP contribution in [0.4, 0.5) is 5.82 Å². The standard InChI is InChI=1S/C14H17N3/c1-10-6-4-5-7-13(10)12(3)17-14-8-11(2)15-9-16-14/h4-9,12H,1-3H3,(H,15,16,17). The van der Waals surface area contributed by atoms with Crippen LogP contribution in [-0.2, 0) is 0 Å². The van der Waals surface area contributed by atoms with Crippen molar-refractivity contribution in [2.45, 2.75) is 26.8 Å². The van der Waals surface area contributed by atoms with Crippen molar-refractivity contribution in [2.24, 2.45) is 0 Å². The quantitative estimate of drug-likeness (QED) is 0.874. The molecule has 1 aromatic heterocycles. The van der Waals surface area contributed by atoms with Crippen LogP contribution in [0.3, 0.4) is 0 Å². The molecule has 17 heavy (non-hydrogen) atoms. The van der Waals surface area contributed by atoms with Crippen molar-refractivity contribution in [3.63, 3.8) is 0 Å². The maximum atomic E-state index is 4.21. The van der Waals surface area contributed by atoms with Gasteiger partial charge in [-0.1, -0.05) is 24.3 Å². The van der Waals surface area contributed by atoms with Gasteiger partial charge in [-0.25, -0.2) is 9.97 Å². The molecule has 0 saturated carbocycles. The van der Waals surface area contributed by atoms with E-state index in [0.717, 1.165) is 11.5 Å². The summed E-state index contributed by atoms with van der Waals surface area (Å²) in [6.07, 6.45) is 1.59. The Morgan fingerprint density at radius 3 is 2.59 bits per heavy atom. The molecular formula is C14H17N3. The summed E-state index contributed by atoms with van der Waals surface area (Å²) in [5.74, 6) is 0.869. The summed E-state index contributed by atoms with van der Waals surface area (Å²) < 4.78 is 0. The van der Waals surface area contributed by atoms with Gasteiger partial charge in [-0.05, 0) is 31.9 Å². The Morgan fingerprint density at radius 2 is 1.88 bits per heavy atom. The average Bonchev–Trinajstić information content (AvgIpc) is 2.29. The lowest BCUT2D eigenvalue weighted by Gasteiger charge is -2.17. The van der Waals surface area contributed by atoms with Crippen LogP contribution >= 0.6 is 0 Å². The van der Waals surface area contributed by atoms with Gasteiger partial charge in [-0.3, -0.25) is 0 Å². The predicted molar refractivity (Wildman–Crippen MR) is 70.0 cm³/mol. The number of aromatic nitrogens is 2. The molecule has 0 amide bonds. The lowest BCUT2D eigenvalue weighted by Crippen LogP contribution is -2.09. The van der Waals surface area contributed by atoms with Crippen LogP contribution in [0, 0.1) is 13.8 Å². The van der Waals surface area contributed by atoms with E-state index >= 15 is 0 Å². The van der Waals surface area contributed by atoms with Gasteiger partial charge in [0, 0.05) is 11.8 Å². The average molecular weight is 227 g/mol. The molecule has 0 aliphatic carbocycles. The van der Waals surface area contributed by atoms with Gasteiger partial charge in [0.05, 0.1) is 6.04 Å². The van der Waals surface area contributed by atoms with Crippen LogP contribution in [0.15, 0.2) is 36.7 Å². The number of hydrogen-bond donors (Lipinski definition) is 1. The first-order valence-electron chi connectivity index (χ1n) is 5.77. The second kappa shape index (κ2) is 4.95. The summed E-state index contributed by atoms with van der Waals surface area (Å²) in [4.78, 5) is 8.30. The van der Waals surface area contributed by atoms with E-state index in [-0.39, 0.29) is 6.04 Å². The van der Waals surface area contributed by atoms with Crippen molar-refractivity contribution in [3.05, 3.63) is 53.5 Å². The third-order valence-electron chi connectivity index (χ3n) is 2.82. The molecule has 0 aliphatic rings. The molecule has 0 radical (unpaired) electrons. The largest absolute Gasteiger partial charge is 0.363 e. The molecule has 3 nitrogen and oxygen atoms in total. The molecule has 1 atom stereocenters. The Bertz CT molecular complexity index is 508. The number of nitrogens with one attached hydrogen (secondary N) is 1. The molecular weight excluding hydrogens is 210 g/mol. The van der Waals surface area contributed by atoms with Gasteiger partial charge in [0.25, 0.3) is 0 Å². The number of anilines is 1. The van der Waals surface area contributed by atoms with Crippen molar-refractivity contribution in [1.29, 1.82) is 0 Å². The Hall–Kier alpha value is -1.90. The summed E-state index contributed by atoms with van der Waals surface area (Å²) in [5, 5.41) is 3.39. The molecule has 0 aliphatic heterocycles. The van der Waals surface area contributed by atoms with E-state index in [0.29, 0.717) is 0 Å². The number of aryl methyl sites for hydroxylation is 2. The van der Waals surface area contributed by atoms with E-state index in [1.54, 1.807) is 6.33 Å². The predicted octanol–water partition coefficient (Wildman–Crippen LogP) is 3.27. The fraction of sp³-hybridized carbons (Fsp3) is 0.286. The number of hydrogen-bond acceptors (Lipinski definition) is 3. The van der Waals surface area contributed by atoms with E-state index in [1.165, 1.54) is 11.1 Å². The smallest absolute Gasteiger partial charge is 0.130 e. The second-order valence-corrected chi connectivity index (χ2v) is 4.27. The summed E-state index contributed by atoms with van der Waals surface area (Å²) in [6.45, 7) is 6.23. The van der Waals surface area contributed by atoms with Gasteiger partial charge in [0.2, 0.25) is 0 Å². The molecule has 0 saturated heterocycles. The minimum Gasteiger partial charge on any atom is -0.363 e. The van der Waals surface area contributed by atoms with E-state index < -0.39 is 0 Å².